The average Bonchev–Trinajstić information content (AvgIpc) is 1.94. The fourth-order valence-corrected chi connectivity index (χ4v) is 1.37. The standard InChI is InChI=1S/C10H19NO3/c1-8(12)6-5-7-9(10(13)14)11(2,3)4/h9H,5-7H2,1-4H3/t9-/m1/s1. The zero-order valence-electron chi connectivity index (χ0n) is 9.37. The Bertz CT molecular complexity index is 218. The Kier molecular flexibility index (Phi) is 4.77. The minimum absolute atomic E-state index is 0.100. The van der Waals surface area contributed by atoms with Gasteiger partial charge in [0.15, 0.2) is 0 Å². The molecule has 14 heavy (non-hydrogen) atoms. The van der Waals surface area contributed by atoms with Crippen LogP contribution in [-0.2, 0) is 9.59 Å². The predicted octanol–water partition coefficient (Wildman–Crippen LogP) is -0.430. The van der Waals surface area contributed by atoms with Gasteiger partial charge >= 0.3 is 0 Å². The molecule has 0 fully saturated rings. The summed E-state index contributed by atoms with van der Waals surface area (Å²) in [6.45, 7) is 1.51. The topological polar surface area (TPSA) is 57.2 Å². The molecular formula is C10H19NO3. The van der Waals surface area contributed by atoms with Crippen molar-refractivity contribution >= 4 is 11.8 Å². The number of aliphatic carboxylic acids is 1. The number of carbonyl (C=O) groups excluding carboxylic acids is 2. The first kappa shape index (κ1) is 13.1. The molecule has 0 saturated carbocycles. The Labute approximate surface area is 85.1 Å². The van der Waals surface area contributed by atoms with E-state index in [1.807, 2.05) is 21.1 Å². The summed E-state index contributed by atoms with van der Waals surface area (Å²) in [5.74, 6) is -0.940. The summed E-state index contributed by atoms with van der Waals surface area (Å²) in [4.78, 5) is 21.5. The van der Waals surface area contributed by atoms with Crippen molar-refractivity contribution in [2.45, 2.75) is 32.2 Å². The molecule has 4 nitrogen and oxygen atoms in total. The maximum atomic E-state index is 10.8. The van der Waals surface area contributed by atoms with Crippen LogP contribution in [0.5, 0.6) is 0 Å². The Morgan fingerprint density at radius 3 is 2.07 bits per heavy atom. The number of likely N-dealkylation sites (N-methyl/N-ethyl adjacent to an activating group) is 1. The molecule has 0 saturated heterocycles. The highest BCUT2D eigenvalue weighted by atomic mass is 16.4. The first-order chi connectivity index (χ1) is 6.25. The predicted molar refractivity (Wildman–Crippen MR) is 51.4 cm³/mol. The molecular weight excluding hydrogens is 182 g/mol. The van der Waals surface area contributed by atoms with Gasteiger partial charge in [0.2, 0.25) is 0 Å². The van der Waals surface area contributed by atoms with Crippen LogP contribution in [0.3, 0.4) is 0 Å². The lowest BCUT2D eigenvalue weighted by Gasteiger charge is -2.34. The van der Waals surface area contributed by atoms with Gasteiger partial charge in [-0.05, 0) is 13.3 Å². The quantitative estimate of drug-likeness (QED) is 0.548. The second-order valence-corrected chi connectivity index (χ2v) is 4.55. The summed E-state index contributed by atoms with van der Waals surface area (Å²) in [6, 6.07) is -0.533. The molecule has 0 aromatic rings. The monoisotopic (exact) mass is 201 g/mol. The number of Topliss-reactive ketones (excluding diaryl/α,β-unsaturated/α-hetero) is 1. The van der Waals surface area contributed by atoms with Crippen LogP contribution >= 0.6 is 0 Å². The van der Waals surface area contributed by atoms with E-state index in [0.717, 1.165) is 0 Å². The van der Waals surface area contributed by atoms with Gasteiger partial charge in [-0.3, -0.25) is 0 Å². The number of ketones is 1. The fraction of sp³-hybridized carbons (Fsp3) is 0.800. The molecule has 0 aliphatic rings. The van der Waals surface area contributed by atoms with Crippen LogP contribution < -0.4 is 5.11 Å². The number of carboxylic acids is 1. The van der Waals surface area contributed by atoms with Gasteiger partial charge in [-0.15, -0.1) is 0 Å². The maximum Gasteiger partial charge on any atom is 0.129 e. The summed E-state index contributed by atoms with van der Waals surface area (Å²) in [7, 11) is 5.44. The van der Waals surface area contributed by atoms with Crippen molar-refractivity contribution in [1.82, 2.24) is 0 Å². The second-order valence-electron chi connectivity index (χ2n) is 4.55. The highest BCUT2D eigenvalue weighted by Gasteiger charge is 2.24. The van der Waals surface area contributed by atoms with E-state index in [0.29, 0.717) is 23.7 Å². The number of carboxylic acid groups (broad SMARTS) is 1. The van der Waals surface area contributed by atoms with E-state index in [1.54, 1.807) is 0 Å². The largest absolute Gasteiger partial charge is 0.544 e. The van der Waals surface area contributed by atoms with Crippen molar-refractivity contribution in [3.05, 3.63) is 0 Å². The molecule has 82 valence electrons. The van der Waals surface area contributed by atoms with E-state index in [9.17, 15) is 14.7 Å². The van der Waals surface area contributed by atoms with E-state index in [-0.39, 0.29) is 5.78 Å². The lowest BCUT2D eigenvalue weighted by Crippen LogP contribution is -2.54. The highest BCUT2D eigenvalue weighted by Crippen LogP contribution is 2.11. The molecule has 0 heterocycles. The van der Waals surface area contributed by atoms with Crippen molar-refractivity contribution in [2.24, 2.45) is 0 Å². The molecule has 0 radical (unpaired) electrons. The average molecular weight is 201 g/mol. The zero-order chi connectivity index (χ0) is 11.4. The highest BCUT2D eigenvalue weighted by molar-refractivity contribution is 5.75. The summed E-state index contributed by atoms with van der Waals surface area (Å²) >= 11 is 0. The maximum absolute atomic E-state index is 10.8. The van der Waals surface area contributed by atoms with Gasteiger partial charge in [0.05, 0.1) is 27.1 Å². The molecule has 0 rings (SSSR count). The zero-order valence-corrected chi connectivity index (χ0v) is 9.37. The minimum Gasteiger partial charge on any atom is -0.544 e. The van der Waals surface area contributed by atoms with Crippen LogP contribution in [-0.4, -0.2) is 43.4 Å². The molecule has 0 bridgehead atoms. The molecule has 0 amide bonds. The SMILES string of the molecule is CC(=O)CCC[C@H](C(=O)[O-])[N+](C)(C)C. The third-order valence-electron chi connectivity index (χ3n) is 2.21. The molecule has 0 aromatic carbocycles. The number of hydrogen-bond donors (Lipinski definition) is 0. The number of nitrogens with zero attached hydrogens (tertiary/aromatic N) is 1. The van der Waals surface area contributed by atoms with Gasteiger partial charge in [0.25, 0.3) is 0 Å². The van der Waals surface area contributed by atoms with Crippen LogP contribution in [0, 0.1) is 0 Å². The second kappa shape index (κ2) is 5.10. The molecule has 0 N–H and O–H groups in total. The Hall–Kier alpha value is -0.900. The summed E-state index contributed by atoms with van der Waals surface area (Å²) in [5.41, 5.74) is 0. The molecule has 0 aliphatic heterocycles. The van der Waals surface area contributed by atoms with Gasteiger partial charge < -0.3 is 19.2 Å². The van der Waals surface area contributed by atoms with Crippen molar-refractivity contribution in [3.8, 4) is 0 Å². The molecule has 0 aromatic heterocycles. The number of quaternary nitrogens is 1. The Morgan fingerprint density at radius 2 is 1.79 bits per heavy atom. The fourth-order valence-electron chi connectivity index (χ4n) is 1.37. The van der Waals surface area contributed by atoms with Crippen molar-refractivity contribution in [3.63, 3.8) is 0 Å². The molecule has 0 aliphatic carbocycles. The molecule has 0 spiro atoms. The summed E-state index contributed by atoms with van der Waals surface area (Å²) < 4.78 is 0.334. The molecule has 4 heteroatoms. The molecule has 1 atom stereocenters. The van der Waals surface area contributed by atoms with Crippen molar-refractivity contribution < 1.29 is 19.2 Å². The lowest BCUT2D eigenvalue weighted by molar-refractivity contribution is -0.889. The normalized spacial score (nSPS) is 13.7. The third-order valence-corrected chi connectivity index (χ3v) is 2.21. The number of rotatable bonds is 6. The van der Waals surface area contributed by atoms with Crippen LogP contribution in [0.15, 0.2) is 0 Å². The van der Waals surface area contributed by atoms with Crippen molar-refractivity contribution in [1.29, 1.82) is 0 Å². The van der Waals surface area contributed by atoms with E-state index in [2.05, 4.69) is 0 Å². The van der Waals surface area contributed by atoms with Crippen molar-refractivity contribution in [2.75, 3.05) is 21.1 Å². The van der Waals surface area contributed by atoms with Crippen LogP contribution in [0.25, 0.3) is 0 Å². The molecule has 0 unspecified atom stereocenters. The van der Waals surface area contributed by atoms with Crippen LogP contribution in [0.2, 0.25) is 0 Å². The van der Waals surface area contributed by atoms with E-state index >= 15 is 0 Å². The minimum atomic E-state index is -1.04. The van der Waals surface area contributed by atoms with Crippen LogP contribution in [0.1, 0.15) is 26.2 Å². The number of carbonyl (C=O) groups is 2. The smallest absolute Gasteiger partial charge is 0.129 e. The van der Waals surface area contributed by atoms with E-state index < -0.39 is 12.0 Å². The number of hydrogen-bond acceptors (Lipinski definition) is 3. The van der Waals surface area contributed by atoms with Crippen LogP contribution in [0.4, 0.5) is 0 Å². The van der Waals surface area contributed by atoms with Gasteiger partial charge in [-0.1, -0.05) is 0 Å². The summed E-state index contributed by atoms with van der Waals surface area (Å²) in [5, 5.41) is 10.8. The summed E-state index contributed by atoms with van der Waals surface area (Å²) in [6.07, 6.45) is 1.55. The van der Waals surface area contributed by atoms with Gasteiger partial charge in [-0.2, -0.15) is 0 Å². The van der Waals surface area contributed by atoms with Gasteiger partial charge in [0, 0.05) is 12.8 Å². The van der Waals surface area contributed by atoms with E-state index in [1.165, 1.54) is 6.92 Å². The first-order valence-electron chi connectivity index (χ1n) is 4.76. The Morgan fingerprint density at radius 1 is 1.29 bits per heavy atom. The third kappa shape index (κ3) is 4.97. The van der Waals surface area contributed by atoms with E-state index in [4.69, 9.17) is 0 Å². The first-order valence-corrected chi connectivity index (χ1v) is 4.76. The van der Waals surface area contributed by atoms with Gasteiger partial charge in [0.1, 0.15) is 11.8 Å². The Balaban J connectivity index is 4.13. The lowest BCUT2D eigenvalue weighted by atomic mass is 10.1. The van der Waals surface area contributed by atoms with Gasteiger partial charge in [-0.25, -0.2) is 0 Å².